The van der Waals surface area contributed by atoms with E-state index in [4.69, 9.17) is 0 Å². The molecule has 2 fully saturated rings. The number of carbonyl (C=O) groups excluding carboxylic acids is 2. The van der Waals surface area contributed by atoms with Gasteiger partial charge in [0.25, 0.3) is 5.91 Å². The lowest BCUT2D eigenvalue weighted by Crippen LogP contribution is -2.39. The number of aromatic nitrogens is 2. The summed E-state index contributed by atoms with van der Waals surface area (Å²) >= 11 is 0. The Morgan fingerprint density at radius 3 is 2.88 bits per heavy atom. The fraction of sp³-hybridized carbons (Fsp3) is 0.550. The van der Waals surface area contributed by atoms with Crippen LogP contribution in [-0.2, 0) is 4.79 Å². The first-order chi connectivity index (χ1) is 12.6. The minimum atomic E-state index is -0.0592. The second-order valence-electron chi connectivity index (χ2n) is 7.63. The second kappa shape index (κ2) is 7.09. The molecule has 6 heteroatoms. The fourth-order valence-corrected chi connectivity index (χ4v) is 3.69. The second-order valence-corrected chi connectivity index (χ2v) is 7.63. The van der Waals surface area contributed by atoms with Crippen molar-refractivity contribution in [1.29, 1.82) is 0 Å². The Kier molecular flexibility index (Phi) is 4.66. The Morgan fingerprint density at radius 1 is 1.31 bits per heavy atom. The van der Waals surface area contributed by atoms with E-state index in [1.54, 1.807) is 4.90 Å². The number of allylic oxidation sites excluding steroid dienone is 4. The quantitative estimate of drug-likeness (QED) is 0.853. The highest BCUT2D eigenvalue weighted by atomic mass is 16.2. The van der Waals surface area contributed by atoms with Crippen molar-refractivity contribution in [1.82, 2.24) is 20.4 Å². The largest absolute Gasteiger partial charge is 0.351 e. The minimum Gasteiger partial charge on any atom is -0.351 e. The van der Waals surface area contributed by atoms with Gasteiger partial charge in [0.2, 0.25) is 5.91 Å². The number of aromatic amines is 1. The summed E-state index contributed by atoms with van der Waals surface area (Å²) in [5.41, 5.74) is 2.69. The van der Waals surface area contributed by atoms with E-state index in [2.05, 4.69) is 40.7 Å². The van der Waals surface area contributed by atoms with Gasteiger partial charge in [-0.15, -0.1) is 0 Å². The zero-order valence-corrected chi connectivity index (χ0v) is 15.2. The fourth-order valence-electron chi connectivity index (χ4n) is 3.69. The molecule has 2 amide bonds. The number of H-pyrrole nitrogens is 1. The monoisotopic (exact) mass is 354 g/mol. The summed E-state index contributed by atoms with van der Waals surface area (Å²) in [5.74, 6) is 0.494. The van der Waals surface area contributed by atoms with Crippen molar-refractivity contribution >= 4 is 11.8 Å². The Labute approximate surface area is 153 Å². The predicted octanol–water partition coefficient (Wildman–Crippen LogP) is 2.53. The van der Waals surface area contributed by atoms with E-state index in [9.17, 15) is 9.59 Å². The molecule has 2 N–H and O–H groups in total. The van der Waals surface area contributed by atoms with E-state index in [0.717, 1.165) is 37.8 Å². The predicted molar refractivity (Wildman–Crippen MR) is 98.6 cm³/mol. The molecule has 6 nitrogen and oxygen atoms in total. The molecule has 4 rings (SSSR count). The summed E-state index contributed by atoms with van der Waals surface area (Å²) in [6.07, 6.45) is 11.6. The number of likely N-dealkylation sites (tertiary alicyclic amines) is 1. The zero-order valence-electron chi connectivity index (χ0n) is 15.2. The molecule has 26 heavy (non-hydrogen) atoms. The summed E-state index contributed by atoms with van der Waals surface area (Å²) in [6.45, 7) is 3.37. The summed E-state index contributed by atoms with van der Waals surface area (Å²) in [7, 11) is 0. The van der Waals surface area contributed by atoms with Gasteiger partial charge in [-0.05, 0) is 43.7 Å². The molecule has 0 aromatic carbocycles. The van der Waals surface area contributed by atoms with E-state index in [1.807, 2.05) is 6.07 Å². The van der Waals surface area contributed by atoms with Crippen molar-refractivity contribution in [3.8, 4) is 0 Å². The van der Waals surface area contributed by atoms with Gasteiger partial charge in [0.1, 0.15) is 5.69 Å². The molecule has 0 bridgehead atoms. The van der Waals surface area contributed by atoms with Gasteiger partial charge >= 0.3 is 0 Å². The number of nitrogens with one attached hydrogen (secondary N) is 2. The van der Waals surface area contributed by atoms with E-state index in [1.165, 1.54) is 5.57 Å². The molecular formula is C20H26N4O2. The van der Waals surface area contributed by atoms with Crippen molar-refractivity contribution in [2.24, 2.45) is 5.92 Å². The van der Waals surface area contributed by atoms with Gasteiger partial charge in [0.05, 0.1) is 0 Å². The number of hydrogen-bond donors (Lipinski definition) is 2. The maximum atomic E-state index is 12.7. The Balaban J connectivity index is 1.36. The summed E-state index contributed by atoms with van der Waals surface area (Å²) in [5, 5.41) is 10.3. The molecule has 2 atom stereocenters. The lowest BCUT2D eigenvalue weighted by atomic mass is 9.93. The third kappa shape index (κ3) is 3.59. The molecule has 2 heterocycles. The number of hydrogen-bond acceptors (Lipinski definition) is 3. The van der Waals surface area contributed by atoms with Gasteiger partial charge in [0, 0.05) is 36.7 Å². The van der Waals surface area contributed by atoms with Crippen LogP contribution in [0.4, 0.5) is 0 Å². The number of nitrogens with zero attached hydrogens (tertiary/aromatic N) is 2. The average Bonchev–Trinajstić information content (AvgIpc) is 3.23. The Bertz CT molecular complexity index is 760. The van der Waals surface area contributed by atoms with E-state index in [0.29, 0.717) is 18.8 Å². The Morgan fingerprint density at radius 2 is 2.15 bits per heavy atom. The molecule has 2 unspecified atom stereocenters. The molecule has 1 aromatic heterocycles. The van der Waals surface area contributed by atoms with E-state index < -0.39 is 0 Å². The average molecular weight is 354 g/mol. The zero-order chi connectivity index (χ0) is 18.1. The van der Waals surface area contributed by atoms with Crippen LogP contribution in [0, 0.1) is 5.92 Å². The molecule has 1 aromatic rings. The van der Waals surface area contributed by atoms with Crippen LogP contribution in [0.2, 0.25) is 0 Å². The molecule has 138 valence electrons. The van der Waals surface area contributed by atoms with Gasteiger partial charge < -0.3 is 10.2 Å². The van der Waals surface area contributed by atoms with Crippen molar-refractivity contribution < 1.29 is 9.59 Å². The van der Waals surface area contributed by atoms with Gasteiger partial charge in [0.15, 0.2) is 0 Å². The molecule has 1 saturated heterocycles. The van der Waals surface area contributed by atoms with Crippen molar-refractivity contribution in [2.75, 3.05) is 13.1 Å². The topological polar surface area (TPSA) is 78.1 Å². The lowest BCUT2D eigenvalue weighted by Gasteiger charge is -2.16. The van der Waals surface area contributed by atoms with Crippen molar-refractivity contribution in [3.05, 3.63) is 41.3 Å². The maximum absolute atomic E-state index is 12.7. The lowest BCUT2D eigenvalue weighted by molar-refractivity contribution is -0.122. The molecule has 1 aliphatic heterocycles. The van der Waals surface area contributed by atoms with Crippen LogP contribution in [-0.4, -0.2) is 46.0 Å². The van der Waals surface area contributed by atoms with Crippen LogP contribution in [0.5, 0.6) is 0 Å². The smallest absolute Gasteiger partial charge is 0.274 e. The van der Waals surface area contributed by atoms with Crippen LogP contribution in [0.3, 0.4) is 0 Å². The van der Waals surface area contributed by atoms with Crippen LogP contribution in [0.25, 0.3) is 0 Å². The summed E-state index contributed by atoms with van der Waals surface area (Å²) < 4.78 is 0. The van der Waals surface area contributed by atoms with E-state index in [-0.39, 0.29) is 29.7 Å². The molecule has 0 spiro atoms. The van der Waals surface area contributed by atoms with Crippen LogP contribution in [0.15, 0.2) is 29.9 Å². The summed E-state index contributed by atoms with van der Waals surface area (Å²) in [6, 6.07) is 1.94. The Hall–Kier alpha value is -2.37. The normalized spacial score (nSPS) is 23.7. The number of carbonyl (C=O) groups is 2. The first kappa shape index (κ1) is 17.1. The van der Waals surface area contributed by atoms with Crippen LogP contribution in [0.1, 0.15) is 61.1 Å². The molecule has 0 radical (unpaired) electrons. The third-order valence-electron chi connectivity index (χ3n) is 5.58. The van der Waals surface area contributed by atoms with E-state index >= 15 is 0 Å². The SMILES string of the molecule is CC(C1=CCCC=C1)c1cc(C(=O)N2CCC(NC(=O)C3CC3)C2)n[nH]1. The van der Waals surface area contributed by atoms with Crippen LogP contribution < -0.4 is 5.32 Å². The highest BCUT2D eigenvalue weighted by molar-refractivity contribution is 5.92. The molecule has 3 aliphatic rings. The van der Waals surface area contributed by atoms with Gasteiger partial charge in [-0.3, -0.25) is 14.7 Å². The minimum absolute atomic E-state index is 0.0592. The maximum Gasteiger partial charge on any atom is 0.274 e. The molecular weight excluding hydrogens is 328 g/mol. The highest BCUT2D eigenvalue weighted by Crippen LogP contribution is 2.29. The first-order valence-electron chi connectivity index (χ1n) is 9.63. The number of amides is 2. The third-order valence-corrected chi connectivity index (χ3v) is 5.58. The van der Waals surface area contributed by atoms with Crippen molar-refractivity contribution in [3.63, 3.8) is 0 Å². The first-order valence-corrected chi connectivity index (χ1v) is 9.63. The van der Waals surface area contributed by atoms with Crippen LogP contribution >= 0.6 is 0 Å². The van der Waals surface area contributed by atoms with Crippen molar-refractivity contribution in [2.45, 2.75) is 51.0 Å². The van der Waals surface area contributed by atoms with Gasteiger partial charge in [-0.1, -0.05) is 25.2 Å². The van der Waals surface area contributed by atoms with Gasteiger partial charge in [-0.25, -0.2) is 0 Å². The summed E-state index contributed by atoms with van der Waals surface area (Å²) in [4.78, 5) is 26.4. The molecule has 1 saturated carbocycles. The van der Waals surface area contributed by atoms with Gasteiger partial charge in [-0.2, -0.15) is 5.10 Å². The molecule has 2 aliphatic carbocycles. The number of rotatable bonds is 5. The highest BCUT2D eigenvalue weighted by Gasteiger charge is 2.34. The standard InChI is InChI=1S/C20H26N4O2/c1-13(14-5-3-2-4-6-14)17-11-18(23-22-17)20(26)24-10-9-16(12-24)21-19(25)15-7-8-15/h3,5-6,11,13,15-16H,2,4,7-10,12H2,1H3,(H,21,25)(H,22,23).